The van der Waals surface area contributed by atoms with Gasteiger partial charge in [-0.25, -0.2) is 0 Å². The van der Waals surface area contributed by atoms with Crippen molar-refractivity contribution in [2.24, 2.45) is 7.05 Å². The SMILES string of the molecule is CCCCCCCCCCCCCCCCc1cn(C)nn1. The predicted molar refractivity (Wildman–Crippen MR) is 95.0 cm³/mol. The van der Waals surface area contributed by atoms with Crippen LogP contribution in [0, 0.1) is 0 Å². The van der Waals surface area contributed by atoms with E-state index in [2.05, 4.69) is 17.2 Å². The highest BCUT2D eigenvalue weighted by molar-refractivity contribution is 4.91. The fourth-order valence-corrected chi connectivity index (χ4v) is 3.01. The van der Waals surface area contributed by atoms with E-state index in [0.29, 0.717) is 0 Å². The van der Waals surface area contributed by atoms with Crippen LogP contribution in [0.15, 0.2) is 6.20 Å². The molecule has 1 aromatic rings. The predicted octanol–water partition coefficient (Wildman–Crippen LogP) is 5.84. The summed E-state index contributed by atoms with van der Waals surface area (Å²) >= 11 is 0. The van der Waals surface area contributed by atoms with Gasteiger partial charge in [0.25, 0.3) is 0 Å². The van der Waals surface area contributed by atoms with Gasteiger partial charge in [0, 0.05) is 13.2 Å². The van der Waals surface area contributed by atoms with Crippen LogP contribution < -0.4 is 0 Å². The van der Waals surface area contributed by atoms with Crippen LogP contribution in [-0.4, -0.2) is 15.0 Å². The van der Waals surface area contributed by atoms with Crippen molar-refractivity contribution >= 4 is 0 Å². The lowest BCUT2D eigenvalue weighted by Crippen LogP contribution is -1.87. The highest BCUT2D eigenvalue weighted by Crippen LogP contribution is 2.13. The van der Waals surface area contributed by atoms with Crippen LogP contribution >= 0.6 is 0 Å². The molecular weight excluding hydrogens is 270 g/mol. The standard InChI is InChI=1S/C19H37N3/c1-3-4-5-6-7-8-9-10-11-12-13-14-15-16-17-19-18-22(2)21-20-19/h18H,3-17H2,1-2H3. The Bertz CT molecular complexity index is 346. The second-order valence-electron chi connectivity index (χ2n) is 6.73. The molecule has 0 aliphatic rings. The van der Waals surface area contributed by atoms with Gasteiger partial charge >= 0.3 is 0 Å². The van der Waals surface area contributed by atoms with Crippen molar-refractivity contribution in [1.29, 1.82) is 0 Å². The van der Waals surface area contributed by atoms with Gasteiger partial charge in [-0.05, 0) is 12.8 Å². The molecule has 0 saturated heterocycles. The Balaban J connectivity index is 1.73. The Morgan fingerprint density at radius 1 is 0.727 bits per heavy atom. The van der Waals surface area contributed by atoms with Crippen LogP contribution in [0.2, 0.25) is 0 Å². The van der Waals surface area contributed by atoms with Gasteiger partial charge in [0.05, 0.1) is 5.69 Å². The van der Waals surface area contributed by atoms with Crippen molar-refractivity contribution in [3.05, 3.63) is 11.9 Å². The number of aryl methyl sites for hydroxylation is 2. The van der Waals surface area contributed by atoms with E-state index in [0.717, 1.165) is 12.1 Å². The number of nitrogens with zero attached hydrogens (tertiary/aromatic N) is 3. The molecule has 0 N–H and O–H groups in total. The Kier molecular flexibility index (Phi) is 12.0. The largest absolute Gasteiger partial charge is 0.255 e. The fourth-order valence-electron chi connectivity index (χ4n) is 3.01. The van der Waals surface area contributed by atoms with E-state index < -0.39 is 0 Å². The Morgan fingerprint density at radius 3 is 1.59 bits per heavy atom. The lowest BCUT2D eigenvalue weighted by molar-refractivity contribution is 0.535. The maximum Gasteiger partial charge on any atom is 0.0827 e. The third-order valence-electron chi connectivity index (χ3n) is 4.44. The van der Waals surface area contributed by atoms with E-state index >= 15 is 0 Å². The third-order valence-corrected chi connectivity index (χ3v) is 4.44. The van der Waals surface area contributed by atoms with E-state index in [9.17, 15) is 0 Å². The molecule has 1 rings (SSSR count). The minimum absolute atomic E-state index is 1.09. The first-order chi connectivity index (χ1) is 10.8. The molecule has 0 aromatic carbocycles. The first kappa shape index (κ1) is 19.2. The minimum Gasteiger partial charge on any atom is -0.255 e. The Morgan fingerprint density at radius 2 is 1.18 bits per heavy atom. The molecule has 0 saturated carbocycles. The van der Waals surface area contributed by atoms with Gasteiger partial charge < -0.3 is 0 Å². The maximum atomic E-state index is 4.13. The van der Waals surface area contributed by atoms with Gasteiger partial charge in [-0.2, -0.15) is 0 Å². The summed E-state index contributed by atoms with van der Waals surface area (Å²) in [4.78, 5) is 0. The summed E-state index contributed by atoms with van der Waals surface area (Å²) in [5, 5.41) is 8.10. The van der Waals surface area contributed by atoms with Crippen LogP contribution in [0.1, 0.15) is 103 Å². The average Bonchev–Trinajstić information content (AvgIpc) is 2.93. The van der Waals surface area contributed by atoms with E-state index in [4.69, 9.17) is 0 Å². The molecule has 1 heterocycles. The van der Waals surface area contributed by atoms with Crippen LogP contribution in [0.25, 0.3) is 0 Å². The average molecular weight is 308 g/mol. The molecule has 22 heavy (non-hydrogen) atoms. The van der Waals surface area contributed by atoms with Gasteiger partial charge in [-0.15, -0.1) is 5.10 Å². The summed E-state index contributed by atoms with van der Waals surface area (Å²) in [6, 6.07) is 0. The zero-order valence-corrected chi connectivity index (χ0v) is 15.0. The first-order valence-corrected chi connectivity index (χ1v) is 9.68. The van der Waals surface area contributed by atoms with Gasteiger partial charge in [-0.3, -0.25) is 4.68 Å². The number of aromatic nitrogens is 3. The smallest absolute Gasteiger partial charge is 0.0827 e. The lowest BCUT2D eigenvalue weighted by atomic mass is 10.0. The van der Waals surface area contributed by atoms with Crippen molar-refractivity contribution in [3.8, 4) is 0 Å². The quantitative estimate of drug-likeness (QED) is 0.381. The normalized spacial score (nSPS) is 11.2. The molecule has 0 aliphatic carbocycles. The number of hydrogen-bond acceptors (Lipinski definition) is 2. The molecule has 0 unspecified atom stereocenters. The van der Waals surface area contributed by atoms with Gasteiger partial charge in [0.1, 0.15) is 0 Å². The van der Waals surface area contributed by atoms with Crippen molar-refractivity contribution in [3.63, 3.8) is 0 Å². The Labute approximate surface area is 137 Å². The topological polar surface area (TPSA) is 30.7 Å². The van der Waals surface area contributed by atoms with Crippen LogP contribution in [0.4, 0.5) is 0 Å². The second kappa shape index (κ2) is 13.8. The number of rotatable bonds is 15. The summed E-state index contributed by atoms with van der Waals surface area (Å²) in [5.74, 6) is 0. The third kappa shape index (κ3) is 10.8. The van der Waals surface area contributed by atoms with Crippen LogP contribution in [0.5, 0.6) is 0 Å². The molecule has 1 aromatic heterocycles. The van der Waals surface area contributed by atoms with Crippen molar-refractivity contribution in [2.45, 2.75) is 103 Å². The summed E-state index contributed by atoms with van der Waals surface area (Å²) in [5.41, 5.74) is 1.14. The maximum absolute atomic E-state index is 4.13. The number of hydrogen-bond donors (Lipinski definition) is 0. The zero-order valence-electron chi connectivity index (χ0n) is 15.0. The molecule has 0 bridgehead atoms. The van der Waals surface area contributed by atoms with E-state index in [-0.39, 0.29) is 0 Å². The molecule has 128 valence electrons. The van der Waals surface area contributed by atoms with Gasteiger partial charge in [0.15, 0.2) is 0 Å². The highest BCUT2D eigenvalue weighted by atomic mass is 15.4. The molecule has 0 amide bonds. The molecule has 0 spiro atoms. The van der Waals surface area contributed by atoms with Gasteiger partial charge in [0.2, 0.25) is 0 Å². The van der Waals surface area contributed by atoms with E-state index in [1.54, 1.807) is 4.68 Å². The number of unbranched alkanes of at least 4 members (excludes halogenated alkanes) is 13. The van der Waals surface area contributed by atoms with Crippen molar-refractivity contribution < 1.29 is 0 Å². The summed E-state index contributed by atoms with van der Waals surface area (Å²) in [6.45, 7) is 2.29. The summed E-state index contributed by atoms with van der Waals surface area (Å²) in [6.07, 6.45) is 22.9. The fraction of sp³-hybridized carbons (Fsp3) is 0.895. The van der Waals surface area contributed by atoms with Crippen molar-refractivity contribution in [1.82, 2.24) is 15.0 Å². The molecule has 3 heteroatoms. The second-order valence-corrected chi connectivity index (χ2v) is 6.73. The Hall–Kier alpha value is -0.860. The monoisotopic (exact) mass is 307 g/mol. The van der Waals surface area contributed by atoms with Gasteiger partial charge in [-0.1, -0.05) is 95.6 Å². The lowest BCUT2D eigenvalue weighted by Gasteiger charge is -2.03. The van der Waals surface area contributed by atoms with E-state index in [1.807, 2.05) is 13.2 Å². The first-order valence-electron chi connectivity index (χ1n) is 9.68. The molecule has 0 fully saturated rings. The highest BCUT2D eigenvalue weighted by Gasteiger charge is 1.98. The van der Waals surface area contributed by atoms with Crippen LogP contribution in [-0.2, 0) is 13.5 Å². The van der Waals surface area contributed by atoms with Crippen LogP contribution in [0.3, 0.4) is 0 Å². The molecule has 3 nitrogen and oxygen atoms in total. The molecule has 0 radical (unpaired) electrons. The molecule has 0 aliphatic heterocycles. The summed E-state index contributed by atoms with van der Waals surface area (Å²) < 4.78 is 1.79. The van der Waals surface area contributed by atoms with Crippen molar-refractivity contribution in [2.75, 3.05) is 0 Å². The molecular formula is C19H37N3. The van der Waals surface area contributed by atoms with E-state index in [1.165, 1.54) is 89.9 Å². The zero-order chi connectivity index (χ0) is 15.9. The molecule has 0 atom stereocenters. The summed E-state index contributed by atoms with van der Waals surface area (Å²) in [7, 11) is 1.93. The minimum atomic E-state index is 1.09.